The molecule has 0 radical (unpaired) electrons. The minimum atomic E-state index is -0.158. The van der Waals surface area contributed by atoms with Crippen LogP contribution in [0.3, 0.4) is 0 Å². The van der Waals surface area contributed by atoms with E-state index in [2.05, 4.69) is 5.32 Å². The van der Waals surface area contributed by atoms with Crippen LogP contribution in [0, 0.1) is 5.41 Å². The molecule has 1 nitrogen and oxygen atoms in total. The number of rotatable bonds is 1. The molecule has 54 valence electrons. The van der Waals surface area contributed by atoms with E-state index >= 15 is 0 Å². The average Bonchev–Trinajstić information content (AvgIpc) is 1.90. The molecular weight excluding hydrogens is 117 g/mol. The lowest BCUT2D eigenvalue weighted by atomic mass is 9.83. The van der Waals surface area contributed by atoms with Gasteiger partial charge < -0.3 is 5.32 Å². The molecule has 0 amide bonds. The summed E-state index contributed by atoms with van der Waals surface area (Å²) in [6.45, 7) is 3.84. The maximum absolute atomic E-state index is 12.2. The molecule has 1 aliphatic rings. The van der Waals surface area contributed by atoms with Gasteiger partial charge in [0.25, 0.3) is 0 Å². The van der Waals surface area contributed by atoms with Crippen molar-refractivity contribution in [1.82, 2.24) is 5.32 Å². The van der Waals surface area contributed by atoms with Gasteiger partial charge in [0.2, 0.25) is 0 Å². The van der Waals surface area contributed by atoms with Crippen LogP contribution in [0.2, 0.25) is 0 Å². The molecule has 0 atom stereocenters. The van der Waals surface area contributed by atoms with E-state index in [0.29, 0.717) is 0 Å². The van der Waals surface area contributed by atoms with Crippen molar-refractivity contribution in [3.8, 4) is 0 Å². The Morgan fingerprint density at radius 3 is 2.33 bits per heavy atom. The lowest BCUT2D eigenvalue weighted by Gasteiger charge is -2.30. The summed E-state index contributed by atoms with van der Waals surface area (Å²) in [6, 6.07) is 0. The molecule has 0 aliphatic carbocycles. The molecule has 0 aromatic rings. The van der Waals surface area contributed by atoms with Crippen LogP contribution in [-0.2, 0) is 0 Å². The summed E-state index contributed by atoms with van der Waals surface area (Å²) in [5, 5.41) is 3.21. The van der Waals surface area contributed by atoms with Crippen molar-refractivity contribution < 1.29 is 4.39 Å². The number of halogens is 1. The van der Waals surface area contributed by atoms with Crippen LogP contribution in [0.15, 0.2) is 0 Å². The van der Waals surface area contributed by atoms with Gasteiger partial charge in [0.15, 0.2) is 0 Å². The molecule has 1 aliphatic heterocycles. The first-order chi connectivity index (χ1) is 4.27. The maximum atomic E-state index is 12.2. The van der Waals surface area contributed by atoms with Crippen LogP contribution in [0.4, 0.5) is 4.39 Å². The molecule has 9 heavy (non-hydrogen) atoms. The average molecular weight is 131 g/mol. The van der Waals surface area contributed by atoms with E-state index in [4.69, 9.17) is 0 Å². The SMILES string of the molecule is CC1(CF)CCNCC1. The minimum absolute atomic E-state index is 0.00868. The Kier molecular flexibility index (Phi) is 2.06. The van der Waals surface area contributed by atoms with Crippen LogP contribution in [-0.4, -0.2) is 19.8 Å². The van der Waals surface area contributed by atoms with Gasteiger partial charge in [-0.15, -0.1) is 0 Å². The molecule has 0 bridgehead atoms. The van der Waals surface area contributed by atoms with E-state index in [-0.39, 0.29) is 12.1 Å². The summed E-state index contributed by atoms with van der Waals surface area (Å²) >= 11 is 0. The van der Waals surface area contributed by atoms with Gasteiger partial charge in [-0.2, -0.15) is 0 Å². The summed E-state index contributed by atoms with van der Waals surface area (Å²) < 4.78 is 12.2. The normalized spacial score (nSPS) is 26.0. The van der Waals surface area contributed by atoms with Crippen molar-refractivity contribution in [2.45, 2.75) is 19.8 Å². The Labute approximate surface area is 55.6 Å². The third-order valence-electron chi connectivity index (χ3n) is 2.13. The van der Waals surface area contributed by atoms with E-state index in [1.54, 1.807) is 0 Å². The van der Waals surface area contributed by atoms with Gasteiger partial charge in [-0.25, -0.2) is 0 Å². The molecule has 0 aromatic carbocycles. The zero-order valence-electron chi connectivity index (χ0n) is 5.91. The van der Waals surface area contributed by atoms with Crippen LogP contribution in [0.1, 0.15) is 19.8 Å². The highest BCUT2D eigenvalue weighted by molar-refractivity contribution is 4.79. The van der Waals surface area contributed by atoms with Gasteiger partial charge >= 0.3 is 0 Å². The number of hydrogen-bond donors (Lipinski definition) is 1. The second-order valence-corrected chi connectivity index (χ2v) is 3.19. The van der Waals surface area contributed by atoms with Gasteiger partial charge in [0.05, 0.1) is 6.67 Å². The predicted molar refractivity (Wildman–Crippen MR) is 36.2 cm³/mol. The van der Waals surface area contributed by atoms with Gasteiger partial charge in [-0.05, 0) is 31.3 Å². The minimum Gasteiger partial charge on any atom is -0.317 e. The van der Waals surface area contributed by atoms with Crippen molar-refractivity contribution in [1.29, 1.82) is 0 Å². The summed E-state index contributed by atoms with van der Waals surface area (Å²) in [5.74, 6) is 0. The molecule has 0 saturated carbocycles. The molecule has 0 unspecified atom stereocenters. The van der Waals surface area contributed by atoms with E-state index in [1.807, 2.05) is 6.92 Å². The standard InChI is InChI=1S/C7H14FN/c1-7(6-8)2-4-9-5-3-7/h9H,2-6H2,1H3. The van der Waals surface area contributed by atoms with Crippen molar-refractivity contribution >= 4 is 0 Å². The Bertz CT molecular complexity index is 86.9. The first-order valence-corrected chi connectivity index (χ1v) is 3.54. The van der Waals surface area contributed by atoms with E-state index in [1.165, 1.54) is 0 Å². The smallest absolute Gasteiger partial charge is 0.0948 e. The Morgan fingerprint density at radius 1 is 1.44 bits per heavy atom. The second kappa shape index (κ2) is 2.65. The summed E-state index contributed by atoms with van der Waals surface area (Å²) in [6.07, 6.45) is 1.98. The lowest BCUT2D eigenvalue weighted by Crippen LogP contribution is -2.35. The van der Waals surface area contributed by atoms with Crippen LogP contribution in [0.25, 0.3) is 0 Å². The zero-order valence-corrected chi connectivity index (χ0v) is 5.91. The van der Waals surface area contributed by atoms with Crippen LogP contribution in [0.5, 0.6) is 0 Å². The highest BCUT2D eigenvalue weighted by Gasteiger charge is 2.25. The Morgan fingerprint density at radius 2 is 2.00 bits per heavy atom. The summed E-state index contributed by atoms with van der Waals surface area (Å²) in [5.41, 5.74) is -0.00868. The first-order valence-electron chi connectivity index (χ1n) is 3.54. The summed E-state index contributed by atoms with van der Waals surface area (Å²) in [4.78, 5) is 0. The molecule has 0 spiro atoms. The summed E-state index contributed by atoms with van der Waals surface area (Å²) in [7, 11) is 0. The third kappa shape index (κ3) is 1.65. The first kappa shape index (κ1) is 7.00. The quantitative estimate of drug-likeness (QED) is 0.566. The van der Waals surface area contributed by atoms with E-state index < -0.39 is 0 Å². The highest BCUT2D eigenvalue weighted by atomic mass is 19.1. The Balaban J connectivity index is 2.37. The fourth-order valence-corrected chi connectivity index (χ4v) is 1.16. The van der Waals surface area contributed by atoms with Crippen molar-refractivity contribution in [3.05, 3.63) is 0 Å². The largest absolute Gasteiger partial charge is 0.317 e. The molecular formula is C7H14FN. The number of nitrogens with one attached hydrogen (secondary N) is 1. The van der Waals surface area contributed by atoms with E-state index in [0.717, 1.165) is 25.9 Å². The molecule has 2 heteroatoms. The number of hydrogen-bond acceptors (Lipinski definition) is 1. The second-order valence-electron chi connectivity index (χ2n) is 3.19. The van der Waals surface area contributed by atoms with Crippen molar-refractivity contribution in [3.63, 3.8) is 0 Å². The fourth-order valence-electron chi connectivity index (χ4n) is 1.16. The molecule has 1 fully saturated rings. The fraction of sp³-hybridized carbons (Fsp3) is 1.00. The Hall–Kier alpha value is -0.110. The molecule has 1 N–H and O–H groups in total. The van der Waals surface area contributed by atoms with Gasteiger partial charge in [-0.1, -0.05) is 6.92 Å². The molecule has 1 heterocycles. The topological polar surface area (TPSA) is 12.0 Å². The van der Waals surface area contributed by atoms with Gasteiger partial charge in [-0.3, -0.25) is 4.39 Å². The van der Waals surface area contributed by atoms with Crippen LogP contribution < -0.4 is 5.32 Å². The van der Waals surface area contributed by atoms with E-state index in [9.17, 15) is 4.39 Å². The van der Waals surface area contributed by atoms with Crippen LogP contribution >= 0.6 is 0 Å². The molecule has 1 saturated heterocycles. The molecule has 0 aromatic heterocycles. The monoisotopic (exact) mass is 131 g/mol. The third-order valence-corrected chi connectivity index (χ3v) is 2.13. The lowest BCUT2D eigenvalue weighted by molar-refractivity contribution is 0.171. The van der Waals surface area contributed by atoms with Gasteiger partial charge in [0.1, 0.15) is 0 Å². The number of alkyl halides is 1. The predicted octanol–water partition coefficient (Wildman–Crippen LogP) is 1.35. The van der Waals surface area contributed by atoms with Gasteiger partial charge in [0, 0.05) is 0 Å². The maximum Gasteiger partial charge on any atom is 0.0948 e. The zero-order chi connectivity index (χ0) is 6.74. The highest BCUT2D eigenvalue weighted by Crippen LogP contribution is 2.27. The van der Waals surface area contributed by atoms with Crippen molar-refractivity contribution in [2.24, 2.45) is 5.41 Å². The molecule has 1 rings (SSSR count). The van der Waals surface area contributed by atoms with Crippen molar-refractivity contribution in [2.75, 3.05) is 19.8 Å². The number of piperidine rings is 1.